The van der Waals surface area contributed by atoms with Crippen molar-refractivity contribution in [1.29, 1.82) is 5.26 Å². The summed E-state index contributed by atoms with van der Waals surface area (Å²) in [6, 6.07) is 26.8. The molecule has 0 fully saturated rings. The number of ether oxygens (including phenoxy) is 1. The predicted molar refractivity (Wildman–Crippen MR) is 142 cm³/mol. The number of nitrogens with zero attached hydrogens (tertiary/aromatic N) is 2. The van der Waals surface area contributed by atoms with Crippen LogP contribution in [0.1, 0.15) is 11.1 Å². The summed E-state index contributed by atoms with van der Waals surface area (Å²) in [6.45, 7) is 2.02. The fraction of sp³-hybridized carbons (Fsp3) is 0.107. The quantitative estimate of drug-likeness (QED) is 0.277. The average molecular weight is 500 g/mol. The number of thioether (sulfide) groups is 1. The molecular formula is C28H22ClN3O2S. The normalized spacial score (nSPS) is 10.5. The summed E-state index contributed by atoms with van der Waals surface area (Å²) in [6.07, 6.45) is 0. The Labute approximate surface area is 213 Å². The van der Waals surface area contributed by atoms with Crippen LogP contribution in [-0.2, 0) is 4.79 Å². The Balaban J connectivity index is 1.74. The molecule has 4 rings (SSSR count). The van der Waals surface area contributed by atoms with E-state index in [0.29, 0.717) is 38.3 Å². The van der Waals surface area contributed by atoms with Crippen molar-refractivity contribution in [3.05, 3.63) is 95.0 Å². The van der Waals surface area contributed by atoms with Crippen LogP contribution in [-0.4, -0.2) is 23.8 Å². The Morgan fingerprint density at radius 2 is 1.77 bits per heavy atom. The van der Waals surface area contributed by atoms with Gasteiger partial charge in [0.2, 0.25) is 5.91 Å². The highest BCUT2D eigenvalue weighted by atomic mass is 35.5. The number of para-hydroxylation sites is 2. The van der Waals surface area contributed by atoms with Gasteiger partial charge in [0.15, 0.2) is 0 Å². The second-order valence-electron chi connectivity index (χ2n) is 7.73. The zero-order chi connectivity index (χ0) is 24.8. The topological polar surface area (TPSA) is 75.0 Å². The van der Waals surface area contributed by atoms with Crippen molar-refractivity contribution >= 4 is 35.0 Å². The number of nitrogens with one attached hydrogen (secondary N) is 1. The number of nitriles is 1. The van der Waals surface area contributed by atoms with E-state index in [0.717, 1.165) is 16.7 Å². The molecule has 0 bridgehead atoms. The molecule has 0 radical (unpaired) electrons. The summed E-state index contributed by atoms with van der Waals surface area (Å²) in [5, 5.41) is 13.8. The number of hydrogen-bond acceptors (Lipinski definition) is 5. The molecule has 0 atom stereocenters. The molecule has 7 heteroatoms. The van der Waals surface area contributed by atoms with E-state index >= 15 is 0 Å². The van der Waals surface area contributed by atoms with Crippen molar-refractivity contribution in [3.63, 3.8) is 0 Å². The van der Waals surface area contributed by atoms with Gasteiger partial charge in [-0.3, -0.25) is 4.79 Å². The van der Waals surface area contributed by atoms with Gasteiger partial charge in [0.05, 0.1) is 34.8 Å². The largest absolute Gasteiger partial charge is 0.496 e. The van der Waals surface area contributed by atoms with Gasteiger partial charge < -0.3 is 10.1 Å². The number of rotatable bonds is 7. The molecule has 4 aromatic rings. The monoisotopic (exact) mass is 499 g/mol. The van der Waals surface area contributed by atoms with Gasteiger partial charge in [-0.1, -0.05) is 83.5 Å². The van der Waals surface area contributed by atoms with E-state index in [4.69, 9.17) is 21.3 Å². The Hall–Kier alpha value is -3.79. The SMILES string of the molecule is COc1ccccc1-c1cc(-c2ccc(C)cc2)nc(SCC(=O)Nc2ccccc2Cl)c1C#N. The first-order valence-corrected chi connectivity index (χ1v) is 12.2. The molecule has 0 saturated carbocycles. The number of aromatic nitrogens is 1. The van der Waals surface area contributed by atoms with Crippen LogP contribution in [0.4, 0.5) is 5.69 Å². The highest BCUT2D eigenvalue weighted by molar-refractivity contribution is 8.00. The van der Waals surface area contributed by atoms with Crippen molar-refractivity contribution < 1.29 is 9.53 Å². The van der Waals surface area contributed by atoms with E-state index in [1.807, 2.05) is 61.5 Å². The average Bonchev–Trinajstić information content (AvgIpc) is 2.88. The fourth-order valence-corrected chi connectivity index (χ4v) is 4.55. The van der Waals surface area contributed by atoms with Crippen molar-refractivity contribution in [2.45, 2.75) is 11.9 Å². The molecule has 0 aliphatic heterocycles. The number of aryl methyl sites for hydroxylation is 1. The van der Waals surface area contributed by atoms with Crippen LogP contribution >= 0.6 is 23.4 Å². The summed E-state index contributed by atoms with van der Waals surface area (Å²) in [5.74, 6) is 0.473. The number of pyridine rings is 1. The number of anilines is 1. The van der Waals surface area contributed by atoms with Crippen molar-refractivity contribution in [2.75, 3.05) is 18.2 Å². The van der Waals surface area contributed by atoms with Crippen LogP contribution in [0.5, 0.6) is 5.75 Å². The maximum Gasteiger partial charge on any atom is 0.234 e. The van der Waals surface area contributed by atoms with Crippen LogP contribution in [0, 0.1) is 18.3 Å². The van der Waals surface area contributed by atoms with E-state index in [1.54, 1.807) is 31.4 Å². The highest BCUT2D eigenvalue weighted by Gasteiger charge is 2.19. The van der Waals surface area contributed by atoms with Gasteiger partial charge in [0, 0.05) is 16.7 Å². The number of carbonyl (C=O) groups excluding carboxylic acids is 1. The molecule has 1 heterocycles. The van der Waals surface area contributed by atoms with Crippen molar-refractivity contribution in [1.82, 2.24) is 4.98 Å². The third-order valence-corrected chi connectivity index (χ3v) is 6.64. The zero-order valence-corrected chi connectivity index (χ0v) is 20.8. The molecule has 3 aromatic carbocycles. The third kappa shape index (κ3) is 5.65. The predicted octanol–water partition coefficient (Wildman–Crippen LogP) is 6.99. The molecule has 174 valence electrons. The first kappa shape index (κ1) is 24.3. The lowest BCUT2D eigenvalue weighted by molar-refractivity contribution is -0.113. The second kappa shape index (κ2) is 11.1. The summed E-state index contributed by atoms with van der Waals surface area (Å²) in [4.78, 5) is 17.4. The van der Waals surface area contributed by atoms with Crippen LogP contribution in [0.2, 0.25) is 5.02 Å². The van der Waals surface area contributed by atoms with Gasteiger partial charge in [-0.15, -0.1) is 0 Å². The molecule has 0 spiro atoms. The van der Waals surface area contributed by atoms with E-state index in [2.05, 4.69) is 11.4 Å². The molecule has 5 nitrogen and oxygen atoms in total. The molecule has 1 aromatic heterocycles. The fourth-order valence-electron chi connectivity index (χ4n) is 3.57. The Kier molecular flexibility index (Phi) is 7.71. The van der Waals surface area contributed by atoms with E-state index in [9.17, 15) is 10.1 Å². The maximum absolute atomic E-state index is 12.7. The van der Waals surface area contributed by atoms with Gasteiger partial charge in [0.1, 0.15) is 16.8 Å². The lowest BCUT2D eigenvalue weighted by Crippen LogP contribution is -2.14. The molecular weight excluding hydrogens is 478 g/mol. The summed E-state index contributed by atoms with van der Waals surface area (Å²) in [5.41, 5.74) is 5.17. The molecule has 0 unspecified atom stereocenters. The minimum Gasteiger partial charge on any atom is -0.496 e. The highest BCUT2D eigenvalue weighted by Crippen LogP contribution is 2.38. The van der Waals surface area contributed by atoms with Gasteiger partial charge in [-0.05, 0) is 31.2 Å². The van der Waals surface area contributed by atoms with Crippen LogP contribution in [0.25, 0.3) is 22.4 Å². The minimum absolute atomic E-state index is 0.0651. The lowest BCUT2D eigenvalue weighted by atomic mass is 9.98. The number of amides is 1. The Bertz CT molecular complexity index is 1410. The second-order valence-corrected chi connectivity index (χ2v) is 9.10. The summed E-state index contributed by atoms with van der Waals surface area (Å²) < 4.78 is 5.56. The molecule has 0 saturated heterocycles. The van der Waals surface area contributed by atoms with E-state index < -0.39 is 0 Å². The van der Waals surface area contributed by atoms with E-state index in [1.165, 1.54) is 11.8 Å². The van der Waals surface area contributed by atoms with Crippen molar-refractivity contribution in [3.8, 4) is 34.2 Å². The smallest absolute Gasteiger partial charge is 0.234 e. The number of halogens is 1. The molecule has 0 aliphatic rings. The van der Waals surface area contributed by atoms with Crippen molar-refractivity contribution in [2.24, 2.45) is 0 Å². The van der Waals surface area contributed by atoms with Crippen LogP contribution in [0.15, 0.2) is 83.9 Å². The number of carbonyl (C=O) groups is 1. The van der Waals surface area contributed by atoms with Gasteiger partial charge >= 0.3 is 0 Å². The molecule has 35 heavy (non-hydrogen) atoms. The summed E-state index contributed by atoms with van der Waals surface area (Å²) >= 11 is 7.37. The van der Waals surface area contributed by atoms with E-state index in [-0.39, 0.29) is 11.7 Å². The molecule has 1 N–H and O–H groups in total. The Morgan fingerprint density at radius 1 is 1.06 bits per heavy atom. The Morgan fingerprint density at radius 3 is 2.49 bits per heavy atom. The third-order valence-electron chi connectivity index (χ3n) is 5.33. The van der Waals surface area contributed by atoms with Crippen LogP contribution in [0.3, 0.4) is 0 Å². The van der Waals surface area contributed by atoms with Gasteiger partial charge in [0.25, 0.3) is 0 Å². The summed E-state index contributed by atoms with van der Waals surface area (Å²) in [7, 11) is 1.60. The zero-order valence-electron chi connectivity index (χ0n) is 19.2. The minimum atomic E-state index is -0.242. The number of methoxy groups -OCH3 is 1. The number of hydrogen-bond donors (Lipinski definition) is 1. The standard InChI is InChI=1S/C28H22ClN3O2S/c1-18-11-13-19(14-12-18)25-15-21(20-7-3-6-10-26(20)34-2)22(16-30)28(32-25)35-17-27(33)31-24-9-5-4-8-23(24)29/h3-15H,17H2,1-2H3,(H,31,33). The number of benzene rings is 3. The maximum atomic E-state index is 12.7. The first-order valence-electron chi connectivity index (χ1n) is 10.8. The first-order chi connectivity index (χ1) is 17.0. The molecule has 0 aliphatic carbocycles. The van der Waals surface area contributed by atoms with Gasteiger partial charge in [-0.25, -0.2) is 4.98 Å². The van der Waals surface area contributed by atoms with Crippen LogP contribution < -0.4 is 10.1 Å². The van der Waals surface area contributed by atoms with Gasteiger partial charge in [-0.2, -0.15) is 5.26 Å². The lowest BCUT2D eigenvalue weighted by Gasteiger charge is -2.15. The molecule has 1 amide bonds.